The van der Waals surface area contributed by atoms with Gasteiger partial charge in [0.2, 0.25) is 5.91 Å². The number of carbonyl (C=O) groups excluding carboxylic acids is 1. The molecule has 7 heteroatoms. The third kappa shape index (κ3) is 5.16. The monoisotopic (exact) mass is 421 g/mol. The van der Waals surface area contributed by atoms with Crippen LogP contribution in [0.2, 0.25) is 0 Å². The van der Waals surface area contributed by atoms with Gasteiger partial charge in [0.25, 0.3) is 5.56 Å². The number of unbranched alkanes of at least 4 members (excludes halogenated alkanes) is 1. The van der Waals surface area contributed by atoms with Crippen LogP contribution in [0.15, 0.2) is 23.0 Å². The molecule has 28 heavy (non-hydrogen) atoms. The van der Waals surface area contributed by atoms with Gasteiger partial charge in [-0.05, 0) is 37.7 Å². The molecule has 1 unspecified atom stereocenters. The molecule has 3 aliphatic rings. The largest absolute Gasteiger partial charge is 0.355 e. The predicted molar refractivity (Wildman–Crippen MR) is 118 cm³/mol. The van der Waals surface area contributed by atoms with E-state index in [9.17, 15) is 9.59 Å². The first-order valence-electron chi connectivity index (χ1n) is 10.7. The number of pyridine rings is 1. The van der Waals surface area contributed by atoms with Gasteiger partial charge in [0.15, 0.2) is 0 Å². The number of aromatic nitrogens is 1. The Kier molecular flexibility index (Phi) is 7.07. The Morgan fingerprint density at radius 3 is 3.00 bits per heavy atom. The molecule has 1 N–H and O–H groups in total. The molecule has 0 saturated carbocycles. The van der Waals surface area contributed by atoms with Crippen LogP contribution < -0.4 is 10.9 Å². The molecule has 154 valence electrons. The minimum absolute atomic E-state index is 0.137. The lowest BCUT2D eigenvalue weighted by molar-refractivity contribution is -0.121. The number of hydrogen-bond acceptors (Lipinski definition) is 5. The normalized spacial score (nSPS) is 26.8. The third-order valence-corrected chi connectivity index (χ3v) is 9.22. The van der Waals surface area contributed by atoms with E-state index >= 15 is 0 Å². The van der Waals surface area contributed by atoms with Gasteiger partial charge in [0.05, 0.1) is 0 Å². The zero-order valence-electron chi connectivity index (χ0n) is 16.5. The topological polar surface area (TPSA) is 54.3 Å². The van der Waals surface area contributed by atoms with Gasteiger partial charge in [-0.15, -0.1) is 0 Å². The van der Waals surface area contributed by atoms with E-state index in [-0.39, 0.29) is 11.5 Å². The highest BCUT2D eigenvalue weighted by atomic mass is 33.1. The maximum atomic E-state index is 12.1. The lowest BCUT2D eigenvalue weighted by Gasteiger charge is -2.42. The van der Waals surface area contributed by atoms with Gasteiger partial charge in [-0.3, -0.25) is 9.59 Å². The van der Waals surface area contributed by atoms with Crippen LogP contribution in [0.25, 0.3) is 0 Å². The molecule has 1 amide bonds. The second-order valence-electron chi connectivity index (χ2n) is 8.38. The van der Waals surface area contributed by atoms with Gasteiger partial charge in [-0.1, -0.05) is 34.1 Å². The Hall–Kier alpha value is -0.920. The molecule has 0 spiro atoms. The minimum Gasteiger partial charge on any atom is -0.355 e. The van der Waals surface area contributed by atoms with E-state index in [4.69, 9.17) is 0 Å². The second-order valence-corrected chi connectivity index (χ2v) is 11.2. The number of nitrogens with one attached hydrogen (secondary N) is 1. The number of amides is 1. The molecule has 2 fully saturated rings. The summed E-state index contributed by atoms with van der Waals surface area (Å²) in [6, 6.07) is 5.66. The molecule has 3 atom stereocenters. The molecule has 1 aromatic rings. The van der Waals surface area contributed by atoms with Crippen LogP contribution >= 0.6 is 21.6 Å². The maximum absolute atomic E-state index is 12.1. The highest BCUT2D eigenvalue weighted by Gasteiger charge is 2.34. The van der Waals surface area contributed by atoms with Crippen molar-refractivity contribution in [3.63, 3.8) is 0 Å². The molecular formula is C21H31N3O2S2. The van der Waals surface area contributed by atoms with Gasteiger partial charge in [0.1, 0.15) is 0 Å². The van der Waals surface area contributed by atoms with Gasteiger partial charge < -0.3 is 14.8 Å². The Balaban J connectivity index is 1.15. The molecule has 0 aromatic carbocycles. The molecule has 2 saturated heterocycles. The van der Waals surface area contributed by atoms with Gasteiger partial charge >= 0.3 is 0 Å². The fraction of sp³-hybridized carbons (Fsp3) is 0.714. The number of rotatable bonds is 8. The summed E-state index contributed by atoms with van der Waals surface area (Å²) in [5, 5.41) is 3.92. The van der Waals surface area contributed by atoms with Gasteiger partial charge in [-0.25, -0.2) is 0 Å². The van der Waals surface area contributed by atoms with Crippen LogP contribution in [0, 0.1) is 5.92 Å². The summed E-state index contributed by atoms with van der Waals surface area (Å²) in [6.45, 7) is 4.50. The summed E-state index contributed by atoms with van der Waals surface area (Å²) in [4.78, 5) is 26.7. The fourth-order valence-electron chi connectivity index (χ4n) is 4.84. The van der Waals surface area contributed by atoms with Crippen molar-refractivity contribution in [1.82, 2.24) is 14.8 Å². The molecule has 5 nitrogen and oxygen atoms in total. The Morgan fingerprint density at radius 2 is 2.14 bits per heavy atom. The number of piperidine rings is 1. The van der Waals surface area contributed by atoms with Crippen molar-refractivity contribution in [3.8, 4) is 0 Å². The van der Waals surface area contributed by atoms with Crippen LogP contribution in [0.4, 0.5) is 0 Å². The van der Waals surface area contributed by atoms with E-state index in [0.717, 1.165) is 44.4 Å². The highest BCUT2D eigenvalue weighted by Crippen LogP contribution is 2.40. The highest BCUT2D eigenvalue weighted by molar-refractivity contribution is 8.77. The van der Waals surface area contributed by atoms with E-state index in [0.29, 0.717) is 18.3 Å². The van der Waals surface area contributed by atoms with Crippen molar-refractivity contribution in [2.45, 2.75) is 56.2 Å². The molecule has 1 aromatic heterocycles. The number of carbonyl (C=O) groups is 1. The van der Waals surface area contributed by atoms with E-state index in [2.05, 4.69) is 16.3 Å². The third-order valence-electron chi connectivity index (χ3n) is 6.21. The number of likely N-dealkylation sites (tertiary alicyclic amines) is 1. The van der Waals surface area contributed by atoms with Crippen molar-refractivity contribution < 1.29 is 4.79 Å². The summed E-state index contributed by atoms with van der Waals surface area (Å²) < 4.78 is 1.97. The number of nitrogens with zero attached hydrogens (tertiary/aromatic N) is 2. The average molecular weight is 422 g/mol. The van der Waals surface area contributed by atoms with Crippen LogP contribution in [0.3, 0.4) is 0 Å². The summed E-state index contributed by atoms with van der Waals surface area (Å²) in [5.41, 5.74) is 1.33. The van der Waals surface area contributed by atoms with Crippen molar-refractivity contribution in [2.24, 2.45) is 5.92 Å². The van der Waals surface area contributed by atoms with Crippen LogP contribution in [-0.2, 0) is 11.3 Å². The molecule has 4 rings (SSSR count). The van der Waals surface area contributed by atoms with Crippen molar-refractivity contribution in [3.05, 3.63) is 34.2 Å². The number of hydrogen-bond donors (Lipinski definition) is 1. The number of fused-ring (bicyclic) bond motifs is 4. The SMILES string of the molecule is O=C(CCCCC1CCSS1)NCCN1C[C@H]2C[C@@H](C1)c1cccc(=O)n1C2. The Bertz CT molecular complexity index is 733. The minimum atomic E-state index is 0.137. The lowest BCUT2D eigenvalue weighted by Crippen LogP contribution is -2.48. The van der Waals surface area contributed by atoms with E-state index in [1.54, 1.807) is 6.07 Å². The van der Waals surface area contributed by atoms with Gasteiger partial charge in [0, 0.05) is 67.8 Å². The Morgan fingerprint density at radius 1 is 1.21 bits per heavy atom. The first-order valence-corrected chi connectivity index (χ1v) is 13.0. The van der Waals surface area contributed by atoms with Crippen molar-refractivity contribution in [2.75, 3.05) is 31.9 Å². The molecular weight excluding hydrogens is 390 g/mol. The standard InChI is InChI=1S/C21H31N3O2S2/c25-20(6-2-1-4-18-8-11-27-28-18)22-9-10-23-13-16-12-17(15-23)19-5-3-7-21(26)24(19)14-16/h3,5,7,16-18H,1-2,4,6,8-15H2,(H,22,25)/t16-,17+,18?/m1/s1. The molecule has 4 heterocycles. The van der Waals surface area contributed by atoms with Crippen molar-refractivity contribution >= 4 is 27.5 Å². The second kappa shape index (κ2) is 9.72. The van der Waals surface area contributed by atoms with Crippen LogP contribution in [0.5, 0.6) is 0 Å². The summed E-state index contributed by atoms with van der Waals surface area (Å²) in [6.07, 6.45) is 6.60. The fourth-order valence-corrected chi connectivity index (χ4v) is 7.87. The smallest absolute Gasteiger partial charge is 0.250 e. The van der Waals surface area contributed by atoms with Crippen LogP contribution in [-0.4, -0.2) is 52.6 Å². The zero-order chi connectivity index (χ0) is 19.3. The lowest BCUT2D eigenvalue weighted by atomic mass is 9.83. The molecule has 3 aliphatic heterocycles. The predicted octanol–water partition coefficient (Wildman–Crippen LogP) is 3.10. The Labute approximate surface area is 175 Å². The molecule has 2 bridgehead atoms. The first kappa shape index (κ1) is 20.4. The summed E-state index contributed by atoms with van der Waals surface area (Å²) in [5.74, 6) is 2.48. The van der Waals surface area contributed by atoms with Crippen molar-refractivity contribution in [1.29, 1.82) is 0 Å². The zero-order valence-corrected chi connectivity index (χ0v) is 18.1. The average Bonchev–Trinajstić information content (AvgIpc) is 3.20. The molecule has 0 aliphatic carbocycles. The van der Waals surface area contributed by atoms with E-state index in [1.165, 1.54) is 37.1 Å². The maximum Gasteiger partial charge on any atom is 0.250 e. The molecule has 0 radical (unpaired) electrons. The van der Waals surface area contributed by atoms with Crippen LogP contribution in [0.1, 0.15) is 50.1 Å². The van der Waals surface area contributed by atoms with E-state index < -0.39 is 0 Å². The summed E-state index contributed by atoms with van der Waals surface area (Å²) >= 11 is 0. The first-order chi connectivity index (χ1) is 13.7. The van der Waals surface area contributed by atoms with Gasteiger partial charge in [-0.2, -0.15) is 0 Å². The van der Waals surface area contributed by atoms with E-state index in [1.807, 2.05) is 32.2 Å². The quantitative estimate of drug-likeness (QED) is 0.516. The summed E-state index contributed by atoms with van der Waals surface area (Å²) in [7, 11) is 4.02.